The van der Waals surface area contributed by atoms with Crippen LogP contribution in [0.15, 0.2) is 42.5 Å². The molecule has 2 N–H and O–H groups in total. The van der Waals surface area contributed by atoms with Crippen molar-refractivity contribution in [1.29, 1.82) is 0 Å². The van der Waals surface area contributed by atoms with Gasteiger partial charge in [-0.25, -0.2) is 0 Å². The molecule has 1 unspecified atom stereocenters. The van der Waals surface area contributed by atoms with Gasteiger partial charge < -0.3 is 19.9 Å². The van der Waals surface area contributed by atoms with Crippen molar-refractivity contribution in [3.63, 3.8) is 0 Å². The lowest BCUT2D eigenvalue weighted by Gasteiger charge is -2.14. The molecule has 0 spiro atoms. The lowest BCUT2D eigenvalue weighted by atomic mass is 10.1. The summed E-state index contributed by atoms with van der Waals surface area (Å²) in [4.78, 5) is 12.2. The first kappa shape index (κ1) is 17.1. The van der Waals surface area contributed by atoms with Crippen LogP contribution in [0.4, 0.5) is 0 Å². The van der Waals surface area contributed by atoms with E-state index in [2.05, 4.69) is 5.32 Å². The van der Waals surface area contributed by atoms with Gasteiger partial charge in [-0.05, 0) is 35.9 Å². The summed E-state index contributed by atoms with van der Waals surface area (Å²) in [7, 11) is 3.05. The quantitative estimate of drug-likeness (QED) is 0.851. The van der Waals surface area contributed by atoms with Gasteiger partial charge in [0.25, 0.3) is 5.91 Å². The fourth-order valence-electron chi connectivity index (χ4n) is 2.09. The highest BCUT2D eigenvalue weighted by Crippen LogP contribution is 2.23. The normalized spacial score (nSPS) is 11.7. The number of halogens is 1. The van der Waals surface area contributed by atoms with E-state index in [1.54, 1.807) is 43.5 Å². The van der Waals surface area contributed by atoms with Crippen molar-refractivity contribution >= 4 is 17.5 Å². The fourth-order valence-corrected chi connectivity index (χ4v) is 2.26. The van der Waals surface area contributed by atoms with Crippen LogP contribution in [0, 0.1) is 0 Å². The molecule has 1 amide bonds. The number of nitrogens with one attached hydrogen (secondary N) is 1. The molecule has 0 radical (unpaired) electrons. The Morgan fingerprint density at radius 1 is 1.17 bits per heavy atom. The number of carbonyl (C=O) groups excluding carboxylic acids is 1. The van der Waals surface area contributed by atoms with Crippen molar-refractivity contribution in [2.24, 2.45) is 0 Å². The largest absolute Gasteiger partial charge is 0.497 e. The molecule has 1 atom stereocenters. The van der Waals surface area contributed by atoms with Gasteiger partial charge in [0.05, 0.1) is 25.9 Å². The minimum atomic E-state index is -0.824. The molecule has 6 heteroatoms. The van der Waals surface area contributed by atoms with E-state index in [1.807, 2.05) is 0 Å². The third-order valence-electron chi connectivity index (χ3n) is 3.36. The van der Waals surface area contributed by atoms with E-state index in [0.717, 1.165) is 0 Å². The second-order valence-corrected chi connectivity index (χ2v) is 5.28. The number of rotatable bonds is 6. The molecule has 122 valence electrons. The maximum atomic E-state index is 12.2. The van der Waals surface area contributed by atoms with E-state index >= 15 is 0 Å². The lowest BCUT2D eigenvalue weighted by Crippen LogP contribution is -2.28. The molecule has 5 nitrogen and oxygen atoms in total. The Morgan fingerprint density at radius 2 is 1.87 bits per heavy atom. The fraction of sp³-hybridized carbons (Fsp3) is 0.235. The zero-order valence-electron chi connectivity index (χ0n) is 12.9. The second-order valence-electron chi connectivity index (χ2n) is 4.84. The van der Waals surface area contributed by atoms with Crippen molar-refractivity contribution in [1.82, 2.24) is 5.32 Å². The molecular formula is C17H18ClNO4. The molecule has 2 rings (SSSR count). The average Bonchev–Trinajstić information content (AvgIpc) is 2.59. The minimum absolute atomic E-state index is 0.0703. The van der Waals surface area contributed by atoms with Crippen LogP contribution in [-0.2, 0) is 0 Å². The zero-order chi connectivity index (χ0) is 16.8. The van der Waals surface area contributed by atoms with E-state index in [9.17, 15) is 9.90 Å². The van der Waals surface area contributed by atoms with Gasteiger partial charge in [-0.1, -0.05) is 23.7 Å². The highest BCUT2D eigenvalue weighted by Gasteiger charge is 2.15. The summed E-state index contributed by atoms with van der Waals surface area (Å²) in [6, 6.07) is 11.8. The molecule has 0 aromatic heterocycles. The Balaban J connectivity index is 2.02. The molecule has 0 fully saturated rings. The van der Waals surface area contributed by atoms with Crippen LogP contribution in [0.3, 0.4) is 0 Å². The number of hydrogen-bond donors (Lipinski definition) is 2. The number of ether oxygens (including phenoxy) is 2. The molecule has 0 aliphatic heterocycles. The Hall–Kier alpha value is -2.24. The van der Waals surface area contributed by atoms with Crippen molar-refractivity contribution in [3.8, 4) is 11.5 Å². The topological polar surface area (TPSA) is 67.8 Å². The van der Waals surface area contributed by atoms with Crippen LogP contribution < -0.4 is 14.8 Å². The summed E-state index contributed by atoms with van der Waals surface area (Å²) in [5.41, 5.74) is 1.01. The summed E-state index contributed by atoms with van der Waals surface area (Å²) in [6.45, 7) is 0.0703. The first-order chi connectivity index (χ1) is 11.0. The monoisotopic (exact) mass is 335 g/mol. The second kappa shape index (κ2) is 7.85. The van der Waals surface area contributed by atoms with Gasteiger partial charge in [-0.3, -0.25) is 4.79 Å². The van der Waals surface area contributed by atoms with Gasteiger partial charge in [-0.15, -0.1) is 0 Å². The average molecular weight is 336 g/mol. The predicted octanol–water partition coefficient (Wildman–Crippen LogP) is 2.82. The van der Waals surface area contributed by atoms with Crippen molar-refractivity contribution in [2.75, 3.05) is 20.8 Å². The molecule has 0 aliphatic carbocycles. The Labute approximate surface area is 139 Å². The summed E-state index contributed by atoms with van der Waals surface area (Å²) in [5.74, 6) is 0.761. The minimum Gasteiger partial charge on any atom is -0.497 e. The van der Waals surface area contributed by atoms with Crippen molar-refractivity contribution in [2.45, 2.75) is 6.10 Å². The van der Waals surface area contributed by atoms with Crippen LogP contribution in [0.2, 0.25) is 5.02 Å². The molecule has 2 aromatic carbocycles. The van der Waals surface area contributed by atoms with E-state index < -0.39 is 6.10 Å². The van der Waals surface area contributed by atoms with Crippen LogP contribution in [0.1, 0.15) is 22.0 Å². The standard InChI is InChI=1S/C17H18ClNO4/c1-22-13-6-3-11(4-7-13)15(20)10-19-17(21)14-9-12(18)5-8-16(14)23-2/h3-9,15,20H,10H2,1-2H3,(H,19,21). The third-order valence-corrected chi connectivity index (χ3v) is 3.60. The predicted molar refractivity (Wildman–Crippen MR) is 88.3 cm³/mol. The van der Waals surface area contributed by atoms with E-state index in [4.69, 9.17) is 21.1 Å². The molecule has 0 bridgehead atoms. The van der Waals surface area contributed by atoms with Crippen LogP contribution in [0.5, 0.6) is 11.5 Å². The molecule has 0 saturated carbocycles. The molecular weight excluding hydrogens is 318 g/mol. The summed E-state index contributed by atoms with van der Waals surface area (Å²) in [5, 5.41) is 13.3. The number of carbonyl (C=O) groups is 1. The Morgan fingerprint density at radius 3 is 2.48 bits per heavy atom. The van der Waals surface area contributed by atoms with Gasteiger partial charge >= 0.3 is 0 Å². The smallest absolute Gasteiger partial charge is 0.255 e. The summed E-state index contributed by atoms with van der Waals surface area (Å²) < 4.78 is 10.2. The highest BCUT2D eigenvalue weighted by molar-refractivity contribution is 6.31. The van der Waals surface area contributed by atoms with Gasteiger partial charge in [0.1, 0.15) is 11.5 Å². The van der Waals surface area contributed by atoms with Gasteiger partial charge in [0, 0.05) is 11.6 Å². The van der Waals surface area contributed by atoms with E-state index in [0.29, 0.717) is 27.6 Å². The SMILES string of the molecule is COc1ccc(C(O)CNC(=O)c2cc(Cl)ccc2OC)cc1. The van der Waals surface area contributed by atoms with E-state index in [-0.39, 0.29) is 12.5 Å². The number of aliphatic hydroxyl groups excluding tert-OH is 1. The number of amides is 1. The Kier molecular flexibility index (Phi) is 5.84. The molecule has 2 aromatic rings. The van der Waals surface area contributed by atoms with E-state index in [1.165, 1.54) is 13.2 Å². The Bertz CT molecular complexity index is 673. The molecule has 23 heavy (non-hydrogen) atoms. The highest BCUT2D eigenvalue weighted by atomic mass is 35.5. The maximum absolute atomic E-state index is 12.2. The first-order valence-corrected chi connectivity index (χ1v) is 7.36. The van der Waals surface area contributed by atoms with Crippen LogP contribution >= 0.6 is 11.6 Å². The van der Waals surface area contributed by atoms with Gasteiger partial charge in [-0.2, -0.15) is 0 Å². The summed E-state index contributed by atoms with van der Waals surface area (Å²) >= 11 is 5.91. The number of benzene rings is 2. The van der Waals surface area contributed by atoms with Crippen molar-refractivity contribution in [3.05, 3.63) is 58.6 Å². The van der Waals surface area contributed by atoms with Crippen LogP contribution in [-0.4, -0.2) is 31.8 Å². The van der Waals surface area contributed by atoms with Gasteiger partial charge in [0.15, 0.2) is 0 Å². The number of methoxy groups -OCH3 is 2. The van der Waals surface area contributed by atoms with Gasteiger partial charge in [0.2, 0.25) is 0 Å². The lowest BCUT2D eigenvalue weighted by molar-refractivity contribution is 0.0913. The first-order valence-electron chi connectivity index (χ1n) is 6.99. The zero-order valence-corrected chi connectivity index (χ0v) is 13.6. The third kappa shape index (κ3) is 4.37. The molecule has 0 aliphatic rings. The number of aliphatic hydroxyl groups is 1. The molecule has 0 saturated heterocycles. The summed E-state index contributed by atoms with van der Waals surface area (Å²) in [6.07, 6.45) is -0.824. The molecule has 0 heterocycles. The maximum Gasteiger partial charge on any atom is 0.255 e. The number of hydrogen-bond acceptors (Lipinski definition) is 4. The van der Waals surface area contributed by atoms with Crippen molar-refractivity contribution < 1.29 is 19.4 Å². The van der Waals surface area contributed by atoms with Crippen LogP contribution in [0.25, 0.3) is 0 Å².